The monoisotopic (exact) mass is 363 g/mol. The van der Waals surface area contributed by atoms with E-state index in [-0.39, 0.29) is 0 Å². The summed E-state index contributed by atoms with van der Waals surface area (Å²) in [6.07, 6.45) is -0.0322. The first-order valence-corrected chi connectivity index (χ1v) is 8.97. The Morgan fingerprint density at radius 1 is 1.08 bits per heavy atom. The number of aryl methyl sites for hydroxylation is 1. The van der Waals surface area contributed by atoms with Gasteiger partial charge in [-0.2, -0.15) is 0 Å². The predicted molar refractivity (Wildman–Crippen MR) is 95.9 cm³/mol. The van der Waals surface area contributed by atoms with Crippen LogP contribution in [-0.2, 0) is 0 Å². The number of hydrogen-bond donors (Lipinski definition) is 3. The standard InChI is InChI=1S/C18H21NO5S/c1-10-5-12(23-2)3-4-14(10)11-6-13(8-19-7-11)24-18-17(22)16(21)15(20)9-25-18/h3-8,15-18,20-22H,9H2,1-2H3/t15-,16+,17-,18-/m1/s1. The first-order chi connectivity index (χ1) is 12.0. The number of aliphatic hydroxyl groups excluding tert-OH is 3. The molecule has 2 heterocycles. The van der Waals surface area contributed by atoms with Gasteiger partial charge in [0.15, 0.2) is 5.44 Å². The number of thioether (sulfide) groups is 1. The Hall–Kier alpha value is -1.80. The maximum atomic E-state index is 10.1. The number of hydrogen-bond acceptors (Lipinski definition) is 7. The van der Waals surface area contributed by atoms with Crippen LogP contribution in [-0.4, -0.2) is 56.9 Å². The molecule has 3 rings (SSSR count). The van der Waals surface area contributed by atoms with Gasteiger partial charge in [-0.1, -0.05) is 6.07 Å². The van der Waals surface area contributed by atoms with E-state index in [1.54, 1.807) is 19.5 Å². The number of aromatic nitrogens is 1. The van der Waals surface area contributed by atoms with Crippen molar-refractivity contribution >= 4 is 11.8 Å². The molecule has 1 aromatic carbocycles. The molecular formula is C18H21NO5S. The van der Waals surface area contributed by atoms with E-state index < -0.39 is 23.7 Å². The molecule has 0 saturated carbocycles. The summed E-state index contributed by atoms with van der Waals surface area (Å²) in [7, 11) is 1.63. The van der Waals surface area contributed by atoms with Gasteiger partial charge in [0.25, 0.3) is 0 Å². The molecule has 4 atom stereocenters. The fourth-order valence-electron chi connectivity index (χ4n) is 2.73. The highest BCUT2D eigenvalue weighted by molar-refractivity contribution is 7.99. The molecule has 1 aromatic heterocycles. The molecule has 2 aromatic rings. The van der Waals surface area contributed by atoms with Gasteiger partial charge >= 0.3 is 0 Å². The Balaban J connectivity index is 1.80. The SMILES string of the molecule is COc1ccc(-c2cncc(O[C@@H]3SC[C@@H](O)[C@H](O)[C@H]3O)c2)c(C)c1. The van der Waals surface area contributed by atoms with Crippen LogP contribution in [0.2, 0.25) is 0 Å². The van der Waals surface area contributed by atoms with Gasteiger partial charge in [-0.15, -0.1) is 11.8 Å². The first kappa shape index (κ1) is 18.0. The molecule has 1 aliphatic rings. The van der Waals surface area contributed by atoms with E-state index in [2.05, 4.69) is 4.98 Å². The second-order valence-electron chi connectivity index (χ2n) is 5.96. The van der Waals surface area contributed by atoms with Crippen molar-refractivity contribution in [1.29, 1.82) is 0 Å². The third kappa shape index (κ3) is 3.90. The largest absolute Gasteiger partial charge is 0.497 e. The lowest BCUT2D eigenvalue weighted by molar-refractivity contribution is -0.0786. The van der Waals surface area contributed by atoms with Gasteiger partial charge in [-0.25, -0.2) is 0 Å². The summed E-state index contributed by atoms with van der Waals surface area (Å²) in [4.78, 5) is 4.21. The number of aliphatic hydroxyl groups is 3. The second-order valence-corrected chi connectivity index (χ2v) is 7.09. The minimum atomic E-state index is -1.22. The molecule has 25 heavy (non-hydrogen) atoms. The quantitative estimate of drug-likeness (QED) is 0.760. The summed E-state index contributed by atoms with van der Waals surface area (Å²) < 4.78 is 11.0. The maximum Gasteiger partial charge on any atom is 0.173 e. The van der Waals surface area contributed by atoms with Gasteiger partial charge in [0.05, 0.1) is 19.4 Å². The number of pyridine rings is 1. The van der Waals surface area contributed by atoms with E-state index in [9.17, 15) is 15.3 Å². The summed E-state index contributed by atoms with van der Waals surface area (Å²) in [6.45, 7) is 1.99. The highest BCUT2D eigenvalue weighted by Crippen LogP contribution is 2.32. The summed E-state index contributed by atoms with van der Waals surface area (Å²) in [5, 5.41) is 29.4. The Morgan fingerprint density at radius 2 is 1.88 bits per heavy atom. The number of nitrogens with zero attached hydrogens (tertiary/aromatic N) is 1. The van der Waals surface area contributed by atoms with Crippen molar-refractivity contribution in [3.63, 3.8) is 0 Å². The molecule has 1 fully saturated rings. The van der Waals surface area contributed by atoms with Crippen LogP contribution in [0.3, 0.4) is 0 Å². The average molecular weight is 363 g/mol. The van der Waals surface area contributed by atoms with Crippen LogP contribution in [0.25, 0.3) is 11.1 Å². The summed E-state index contributed by atoms with van der Waals surface area (Å²) in [5.41, 5.74) is 2.27. The fourth-order valence-corrected chi connectivity index (χ4v) is 3.86. The van der Waals surface area contributed by atoms with Crippen LogP contribution < -0.4 is 9.47 Å². The molecule has 0 radical (unpaired) electrons. The lowest BCUT2D eigenvalue weighted by Crippen LogP contribution is -2.50. The van der Waals surface area contributed by atoms with Crippen LogP contribution in [0.1, 0.15) is 5.56 Å². The lowest BCUT2D eigenvalue weighted by atomic mass is 10.0. The Kier molecular flexibility index (Phi) is 5.48. The van der Waals surface area contributed by atoms with E-state index in [4.69, 9.17) is 9.47 Å². The molecule has 6 nitrogen and oxygen atoms in total. The van der Waals surface area contributed by atoms with Crippen molar-refractivity contribution in [2.24, 2.45) is 0 Å². The zero-order chi connectivity index (χ0) is 18.0. The van der Waals surface area contributed by atoms with Crippen molar-refractivity contribution in [3.8, 4) is 22.6 Å². The van der Waals surface area contributed by atoms with Crippen molar-refractivity contribution in [2.45, 2.75) is 30.7 Å². The van der Waals surface area contributed by atoms with Crippen molar-refractivity contribution in [2.75, 3.05) is 12.9 Å². The van der Waals surface area contributed by atoms with Crippen LogP contribution in [0.5, 0.6) is 11.5 Å². The number of methoxy groups -OCH3 is 1. The maximum absolute atomic E-state index is 10.1. The number of benzene rings is 1. The van der Waals surface area contributed by atoms with E-state index in [1.165, 1.54) is 11.8 Å². The van der Waals surface area contributed by atoms with E-state index in [1.807, 2.05) is 31.2 Å². The highest BCUT2D eigenvalue weighted by atomic mass is 32.2. The molecule has 3 N–H and O–H groups in total. The third-order valence-electron chi connectivity index (χ3n) is 4.16. The summed E-state index contributed by atoms with van der Waals surface area (Å²) >= 11 is 1.26. The molecular weight excluding hydrogens is 342 g/mol. The highest BCUT2D eigenvalue weighted by Gasteiger charge is 2.38. The zero-order valence-electron chi connectivity index (χ0n) is 14.0. The van der Waals surface area contributed by atoms with Crippen molar-refractivity contribution < 1.29 is 24.8 Å². The molecule has 1 aliphatic heterocycles. The van der Waals surface area contributed by atoms with Gasteiger partial charge in [0, 0.05) is 17.5 Å². The average Bonchev–Trinajstić information content (AvgIpc) is 2.62. The fraction of sp³-hybridized carbons (Fsp3) is 0.389. The van der Waals surface area contributed by atoms with Crippen molar-refractivity contribution in [3.05, 3.63) is 42.2 Å². The second kappa shape index (κ2) is 7.61. The smallest absolute Gasteiger partial charge is 0.173 e. The van der Waals surface area contributed by atoms with Gasteiger partial charge in [-0.05, 0) is 36.2 Å². The summed E-state index contributed by atoms with van der Waals surface area (Å²) in [5.74, 6) is 1.58. The minimum absolute atomic E-state index is 0.299. The first-order valence-electron chi connectivity index (χ1n) is 7.92. The molecule has 0 spiro atoms. The van der Waals surface area contributed by atoms with Gasteiger partial charge in [0.1, 0.15) is 23.7 Å². The molecule has 0 amide bonds. The third-order valence-corrected chi connectivity index (χ3v) is 5.40. The van der Waals surface area contributed by atoms with Crippen LogP contribution in [0.4, 0.5) is 0 Å². The number of rotatable bonds is 4. The topological polar surface area (TPSA) is 92.0 Å². The molecule has 0 bridgehead atoms. The Bertz CT molecular complexity index is 741. The zero-order valence-corrected chi connectivity index (χ0v) is 14.8. The molecule has 134 valence electrons. The Labute approximate surface area is 150 Å². The van der Waals surface area contributed by atoms with E-state index >= 15 is 0 Å². The van der Waals surface area contributed by atoms with Gasteiger partial charge in [0.2, 0.25) is 0 Å². The van der Waals surface area contributed by atoms with Crippen LogP contribution in [0.15, 0.2) is 36.7 Å². The van der Waals surface area contributed by atoms with Crippen molar-refractivity contribution in [1.82, 2.24) is 4.98 Å². The van der Waals surface area contributed by atoms with E-state index in [0.717, 1.165) is 22.4 Å². The number of ether oxygens (including phenoxy) is 2. The normalized spacial score (nSPS) is 26.3. The molecule has 7 heteroatoms. The molecule has 0 unspecified atom stereocenters. The van der Waals surface area contributed by atoms with Crippen LogP contribution in [0, 0.1) is 6.92 Å². The molecule has 1 saturated heterocycles. The van der Waals surface area contributed by atoms with Gasteiger partial charge in [-0.3, -0.25) is 4.98 Å². The lowest BCUT2D eigenvalue weighted by Gasteiger charge is -2.34. The molecule has 0 aliphatic carbocycles. The van der Waals surface area contributed by atoms with Gasteiger partial charge < -0.3 is 24.8 Å². The summed E-state index contributed by atoms with van der Waals surface area (Å²) in [6, 6.07) is 7.63. The van der Waals surface area contributed by atoms with Crippen LogP contribution >= 0.6 is 11.8 Å². The minimum Gasteiger partial charge on any atom is -0.497 e. The van der Waals surface area contributed by atoms with E-state index in [0.29, 0.717) is 11.5 Å². The predicted octanol–water partition coefficient (Wildman–Crippen LogP) is 1.60. The Morgan fingerprint density at radius 3 is 2.60 bits per heavy atom.